The summed E-state index contributed by atoms with van der Waals surface area (Å²) in [6.45, 7) is 0. The third kappa shape index (κ3) is 4.74. The van der Waals surface area contributed by atoms with E-state index in [2.05, 4.69) is 217 Å². The summed E-state index contributed by atoms with van der Waals surface area (Å²) >= 11 is 0. The average Bonchev–Trinajstić information content (AvgIpc) is 3.51. The standard InChI is InChI=1S/C50H36N2O/c1-51(36-20-8-3-9-21-36)46-33-32-44-49(48(46)35-18-6-2-7-19-35)53-47-29-17-16-28-43(47)50(44)42-27-15-14-26-40(42)41-31-30-39(34-45(41)50)52(37-22-10-4-11-23-37)38-24-12-5-13-25-38/h2-34H,1H3. The smallest absolute Gasteiger partial charge is 0.142 e. The minimum Gasteiger partial charge on any atom is -0.456 e. The average molecular weight is 681 g/mol. The van der Waals surface area contributed by atoms with Crippen LogP contribution in [-0.2, 0) is 5.41 Å². The molecule has 0 radical (unpaired) electrons. The molecule has 3 nitrogen and oxygen atoms in total. The largest absolute Gasteiger partial charge is 0.456 e. The van der Waals surface area contributed by atoms with Gasteiger partial charge in [0.25, 0.3) is 0 Å². The number of nitrogens with zero attached hydrogens (tertiary/aromatic N) is 2. The van der Waals surface area contributed by atoms with Crippen molar-refractivity contribution in [3.8, 4) is 33.8 Å². The minimum atomic E-state index is -0.640. The maximum atomic E-state index is 7.19. The highest BCUT2D eigenvalue weighted by Crippen LogP contribution is 2.64. The summed E-state index contributed by atoms with van der Waals surface area (Å²) in [7, 11) is 2.14. The Morgan fingerprint density at radius 1 is 0.415 bits per heavy atom. The van der Waals surface area contributed by atoms with Crippen LogP contribution in [0.15, 0.2) is 200 Å². The van der Waals surface area contributed by atoms with Crippen LogP contribution in [0, 0.1) is 0 Å². The lowest BCUT2D eigenvalue weighted by atomic mass is 9.65. The molecule has 2 aliphatic rings. The van der Waals surface area contributed by atoms with Crippen LogP contribution in [0.1, 0.15) is 22.3 Å². The SMILES string of the molecule is CN(c1ccccc1)c1ccc2c(c1-c1ccccc1)Oc1ccccc1C21c2ccccc2-c2ccc(N(c3ccccc3)c3ccccc3)cc21. The van der Waals surface area contributed by atoms with Crippen LogP contribution in [0.25, 0.3) is 22.3 Å². The van der Waals surface area contributed by atoms with Crippen LogP contribution in [0.3, 0.4) is 0 Å². The van der Waals surface area contributed by atoms with Gasteiger partial charge in [0.05, 0.1) is 11.1 Å². The van der Waals surface area contributed by atoms with E-state index in [-0.39, 0.29) is 0 Å². The zero-order chi connectivity index (χ0) is 35.4. The first-order valence-electron chi connectivity index (χ1n) is 18.2. The van der Waals surface area contributed by atoms with Crippen molar-refractivity contribution in [1.29, 1.82) is 0 Å². The number of anilines is 5. The summed E-state index contributed by atoms with van der Waals surface area (Å²) < 4.78 is 7.19. The molecule has 1 unspecified atom stereocenters. The molecule has 8 aromatic carbocycles. The van der Waals surface area contributed by atoms with Crippen LogP contribution in [-0.4, -0.2) is 7.05 Å². The van der Waals surface area contributed by atoms with Crippen molar-refractivity contribution < 1.29 is 4.74 Å². The Balaban J connectivity index is 1.30. The molecule has 1 heterocycles. The van der Waals surface area contributed by atoms with Gasteiger partial charge in [0.15, 0.2) is 0 Å². The number of hydrogen-bond donors (Lipinski definition) is 0. The first-order chi connectivity index (χ1) is 26.2. The van der Waals surface area contributed by atoms with E-state index in [9.17, 15) is 0 Å². The maximum Gasteiger partial charge on any atom is 0.142 e. The number of rotatable bonds is 6. The van der Waals surface area contributed by atoms with Crippen molar-refractivity contribution in [2.24, 2.45) is 0 Å². The first-order valence-corrected chi connectivity index (χ1v) is 18.2. The van der Waals surface area contributed by atoms with E-state index in [0.29, 0.717) is 0 Å². The van der Waals surface area contributed by atoms with Crippen LogP contribution in [0.2, 0.25) is 0 Å². The summed E-state index contributed by atoms with van der Waals surface area (Å²) in [6.07, 6.45) is 0. The summed E-state index contributed by atoms with van der Waals surface area (Å²) in [5.41, 5.74) is 14.3. The molecule has 0 saturated carbocycles. The number of para-hydroxylation sites is 4. The molecule has 0 fully saturated rings. The molecule has 0 bridgehead atoms. The second kappa shape index (κ2) is 12.4. The molecular weight excluding hydrogens is 645 g/mol. The van der Waals surface area contributed by atoms with E-state index < -0.39 is 5.41 Å². The van der Waals surface area contributed by atoms with Crippen molar-refractivity contribution in [1.82, 2.24) is 0 Å². The van der Waals surface area contributed by atoms with E-state index in [1.54, 1.807) is 0 Å². The van der Waals surface area contributed by atoms with E-state index >= 15 is 0 Å². The van der Waals surface area contributed by atoms with Gasteiger partial charge in [-0.3, -0.25) is 0 Å². The van der Waals surface area contributed by atoms with E-state index in [1.807, 2.05) is 0 Å². The molecule has 0 amide bonds. The van der Waals surface area contributed by atoms with Gasteiger partial charge >= 0.3 is 0 Å². The predicted molar refractivity (Wildman–Crippen MR) is 218 cm³/mol. The van der Waals surface area contributed by atoms with Gasteiger partial charge in [-0.1, -0.05) is 140 Å². The topological polar surface area (TPSA) is 15.7 Å². The molecule has 0 N–H and O–H groups in total. The molecular formula is C50H36N2O. The van der Waals surface area contributed by atoms with Crippen molar-refractivity contribution in [3.05, 3.63) is 222 Å². The fourth-order valence-electron chi connectivity index (χ4n) is 8.64. The molecule has 0 saturated heterocycles. The van der Waals surface area contributed by atoms with Gasteiger partial charge in [-0.25, -0.2) is 0 Å². The Hall–Kier alpha value is -6.84. The van der Waals surface area contributed by atoms with Gasteiger partial charge in [0, 0.05) is 46.5 Å². The summed E-state index contributed by atoms with van der Waals surface area (Å²) in [5, 5.41) is 0. The van der Waals surface area contributed by atoms with Crippen LogP contribution >= 0.6 is 0 Å². The number of fused-ring (bicyclic) bond motifs is 9. The molecule has 53 heavy (non-hydrogen) atoms. The fraction of sp³-hybridized carbons (Fsp3) is 0.0400. The van der Waals surface area contributed by atoms with Crippen molar-refractivity contribution in [2.45, 2.75) is 5.41 Å². The molecule has 8 aromatic rings. The molecule has 0 aromatic heterocycles. The highest BCUT2D eigenvalue weighted by molar-refractivity contribution is 5.95. The highest BCUT2D eigenvalue weighted by atomic mass is 16.5. The van der Waals surface area contributed by atoms with Crippen LogP contribution in [0.4, 0.5) is 28.4 Å². The summed E-state index contributed by atoms with van der Waals surface area (Å²) in [5.74, 6) is 1.75. The quantitative estimate of drug-likeness (QED) is 0.174. The highest BCUT2D eigenvalue weighted by Gasteiger charge is 2.52. The number of hydrogen-bond acceptors (Lipinski definition) is 3. The number of benzene rings is 8. The zero-order valence-electron chi connectivity index (χ0n) is 29.4. The van der Waals surface area contributed by atoms with Crippen LogP contribution in [0.5, 0.6) is 11.5 Å². The van der Waals surface area contributed by atoms with Gasteiger partial charge in [-0.15, -0.1) is 0 Å². The Bertz CT molecular complexity index is 2560. The minimum absolute atomic E-state index is 0.640. The molecule has 1 aliphatic carbocycles. The summed E-state index contributed by atoms with van der Waals surface area (Å²) in [6, 6.07) is 71.7. The maximum absolute atomic E-state index is 7.19. The van der Waals surface area contributed by atoms with E-state index in [0.717, 1.165) is 62.2 Å². The normalized spacial score (nSPS) is 14.7. The third-order valence-electron chi connectivity index (χ3n) is 10.9. The van der Waals surface area contributed by atoms with E-state index in [4.69, 9.17) is 4.74 Å². The van der Waals surface area contributed by atoms with E-state index in [1.165, 1.54) is 22.3 Å². The Kier molecular flexibility index (Phi) is 7.26. The lowest BCUT2D eigenvalue weighted by molar-refractivity contribution is 0.438. The van der Waals surface area contributed by atoms with Crippen molar-refractivity contribution in [2.75, 3.05) is 16.8 Å². The van der Waals surface area contributed by atoms with Gasteiger partial charge in [-0.05, 0) is 88.5 Å². The summed E-state index contributed by atoms with van der Waals surface area (Å²) in [4.78, 5) is 4.63. The second-order valence-electron chi connectivity index (χ2n) is 13.7. The molecule has 10 rings (SSSR count). The monoisotopic (exact) mass is 680 g/mol. The van der Waals surface area contributed by atoms with Crippen molar-refractivity contribution >= 4 is 28.4 Å². The fourth-order valence-corrected chi connectivity index (χ4v) is 8.64. The van der Waals surface area contributed by atoms with Gasteiger partial charge in [-0.2, -0.15) is 0 Å². The Morgan fingerprint density at radius 2 is 0.962 bits per heavy atom. The molecule has 1 atom stereocenters. The molecule has 3 heteroatoms. The third-order valence-corrected chi connectivity index (χ3v) is 10.9. The second-order valence-corrected chi connectivity index (χ2v) is 13.7. The number of ether oxygens (including phenoxy) is 1. The zero-order valence-corrected chi connectivity index (χ0v) is 29.4. The molecule has 1 aliphatic heterocycles. The lowest BCUT2D eigenvalue weighted by Gasteiger charge is -2.41. The molecule has 252 valence electrons. The van der Waals surface area contributed by atoms with Gasteiger partial charge in [0.1, 0.15) is 11.5 Å². The van der Waals surface area contributed by atoms with Crippen molar-refractivity contribution in [3.63, 3.8) is 0 Å². The Morgan fingerprint density at radius 3 is 1.64 bits per heavy atom. The molecule has 1 spiro atoms. The first kappa shape index (κ1) is 30.9. The lowest BCUT2D eigenvalue weighted by Crippen LogP contribution is -2.32. The Labute approximate surface area is 310 Å². The van der Waals surface area contributed by atoms with Gasteiger partial charge in [0.2, 0.25) is 0 Å². The van der Waals surface area contributed by atoms with Gasteiger partial charge < -0.3 is 14.5 Å². The van der Waals surface area contributed by atoms with Crippen LogP contribution < -0.4 is 14.5 Å². The predicted octanol–water partition coefficient (Wildman–Crippen LogP) is 13.1.